The summed E-state index contributed by atoms with van der Waals surface area (Å²) in [6.45, 7) is 4.87. The highest BCUT2D eigenvalue weighted by Gasteiger charge is 2.29. The van der Waals surface area contributed by atoms with Crippen molar-refractivity contribution in [2.24, 2.45) is 0 Å². The van der Waals surface area contributed by atoms with E-state index in [-0.39, 0.29) is 13.0 Å². The number of aliphatic hydroxyl groups is 1. The van der Waals surface area contributed by atoms with E-state index in [2.05, 4.69) is 4.98 Å². The first-order chi connectivity index (χ1) is 9.24. The molecule has 1 rings (SSSR count). The number of hydrogen-bond acceptors (Lipinski definition) is 5. The summed E-state index contributed by atoms with van der Waals surface area (Å²) < 4.78 is 5.07. The number of aromatic nitrogens is 1. The van der Waals surface area contributed by atoms with Crippen molar-refractivity contribution in [1.82, 2.24) is 10.0 Å². The summed E-state index contributed by atoms with van der Waals surface area (Å²) >= 11 is 5.74. The first kappa shape index (κ1) is 16.7. The van der Waals surface area contributed by atoms with Gasteiger partial charge >= 0.3 is 6.09 Å². The van der Waals surface area contributed by atoms with E-state index in [1.54, 1.807) is 32.9 Å². The number of ether oxygens (including phenoxy) is 1. The molecule has 1 heterocycles. The molecule has 0 saturated heterocycles. The topological polar surface area (TPSA) is 82.9 Å². The van der Waals surface area contributed by atoms with Gasteiger partial charge in [-0.05, 0) is 39.3 Å². The van der Waals surface area contributed by atoms with Crippen molar-refractivity contribution in [3.8, 4) is 0 Å². The van der Waals surface area contributed by atoms with E-state index in [1.165, 1.54) is 6.20 Å². The molecule has 0 spiro atoms. The van der Waals surface area contributed by atoms with Gasteiger partial charge in [0, 0.05) is 12.8 Å². The minimum Gasteiger partial charge on any atom is -0.442 e. The third kappa shape index (κ3) is 4.96. The van der Waals surface area contributed by atoms with Gasteiger partial charge in [-0.25, -0.2) is 4.79 Å². The number of pyridine rings is 1. The van der Waals surface area contributed by atoms with Crippen LogP contribution in [0.3, 0.4) is 0 Å². The van der Waals surface area contributed by atoms with E-state index in [0.29, 0.717) is 15.8 Å². The number of carbonyl (C=O) groups is 1. The number of carbonyl (C=O) groups excluding carboxylic acids is 1. The molecule has 2 N–H and O–H groups in total. The number of aliphatic hydroxyl groups excluding tert-OH is 1. The smallest absolute Gasteiger partial charge is 0.434 e. The van der Waals surface area contributed by atoms with Crippen LogP contribution in [0.5, 0.6) is 0 Å². The van der Waals surface area contributed by atoms with Crippen LogP contribution in [-0.2, 0) is 4.74 Å². The van der Waals surface area contributed by atoms with Crippen LogP contribution in [0.25, 0.3) is 0 Å². The normalized spacial score (nSPS) is 12.9. The Balaban J connectivity index is 2.90. The fourth-order valence-electron chi connectivity index (χ4n) is 1.54. The summed E-state index contributed by atoms with van der Waals surface area (Å²) in [7, 11) is 0. The molecule has 0 aliphatic rings. The zero-order valence-corrected chi connectivity index (χ0v) is 12.5. The van der Waals surface area contributed by atoms with Gasteiger partial charge in [-0.1, -0.05) is 11.6 Å². The molecule has 6 nitrogen and oxygen atoms in total. The average Bonchev–Trinajstić information content (AvgIpc) is 2.34. The van der Waals surface area contributed by atoms with Crippen LogP contribution in [0.2, 0.25) is 5.02 Å². The average molecular weight is 303 g/mol. The third-order valence-electron chi connectivity index (χ3n) is 2.37. The van der Waals surface area contributed by atoms with Crippen LogP contribution in [0, 0.1) is 0 Å². The van der Waals surface area contributed by atoms with E-state index >= 15 is 0 Å². The molecule has 0 aliphatic heterocycles. The maximum Gasteiger partial charge on any atom is 0.434 e. The lowest BCUT2D eigenvalue weighted by molar-refractivity contribution is -0.126. The summed E-state index contributed by atoms with van der Waals surface area (Å²) in [6, 6.07) is 2.38. The number of hydroxylamine groups is 2. The molecule has 1 amide bonds. The van der Waals surface area contributed by atoms with Gasteiger partial charge in [0.1, 0.15) is 11.6 Å². The molecular weight excluding hydrogens is 284 g/mol. The van der Waals surface area contributed by atoms with Gasteiger partial charge in [0.25, 0.3) is 0 Å². The summed E-state index contributed by atoms with van der Waals surface area (Å²) in [5, 5.41) is 19.9. The van der Waals surface area contributed by atoms with Gasteiger partial charge in [-0.2, -0.15) is 5.06 Å². The Labute approximate surface area is 122 Å². The highest BCUT2D eigenvalue weighted by Crippen LogP contribution is 2.24. The maximum atomic E-state index is 11.8. The lowest BCUT2D eigenvalue weighted by atomic mass is 10.1. The molecule has 0 aromatic carbocycles. The quantitative estimate of drug-likeness (QED) is 0.660. The van der Waals surface area contributed by atoms with Gasteiger partial charge in [0.15, 0.2) is 0 Å². The second-order valence-corrected chi connectivity index (χ2v) is 5.69. The molecule has 112 valence electrons. The van der Waals surface area contributed by atoms with Crippen LogP contribution in [-0.4, -0.2) is 38.7 Å². The number of halogens is 1. The highest BCUT2D eigenvalue weighted by atomic mass is 35.5. The van der Waals surface area contributed by atoms with E-state index < -0.39 is 17.7 Å². The van der Waals surface area contributed by atoms with E-state index in [4.69, 9.17) is 21.4 Å². The van der Waals surface area contributed by atoms with Gasteiger partial charge in [-0.15, -0.1) is 0 Å². The number of amides is 1. The first-order valence-electron chi connectivity index (χ1n) is 6.18. The Hall–Kier alpha value is -1.37. The standard InChI is InChI=1S/C13H19ClN2O4/c1-13(2,3)20-12(18)16(19)11(6-7-17)10-5-4-9(14)8-15-10/h4-5,8,11,17,19H,6-7H2,1-3H3/t11-/m0/s1. The Morgan fingerprint density at radius 3 is 2.60 bits per heavy atom. The maximum absolute atomic E-state index is 11.8. The van der Waals surface area contributed by atoms with Crippen LogP contribution in [0.15, 0.2) is 18.3 Å². The molecule has 20 heavy (non-hydrogen) atoms. The Bertz CT molecular complexity index is 445. The number of hydrogen-bond donors (Lipinski definition) is 2. The van der Waals surface area contributed by atoms with Crippen molar-refractivity contribution in [3.05, 3.63) is 29.0 Å². The van der Waals surface area contributed by atoms with Crippen LogP contribution in [0.1, 0.15) is 38.9 Å². The van der Waals surface area contributed by atoms with Crippen molar-refractivity contribution >= 4 is 17.7 Å². The zero-order valence-electron chi connectivity index (χ0n) is 11.7. The van der Waals surface area contributed by atoms with Crippen LogP contribution < -0.4 is 0 Å². The minimum absolute atomic E-state index is 0.129. The van der Waals surface area contributed by atoms with Gasteiger partial charge in [0.2, 0.25) is 0 Å². The van der Waals surface area contributed by atoms with Crippen molar-refractivity contribution in [2.45, 2.75) is 38.8 Å². The van der Waals surface area contributed by atoms with Crippen LogP contribution >= 0.6 is 11.6 Å². The fraction of sp³-hybridized carbons (Fsp3) is 0.538. The van der Waals surface area contributed by atoms with Crippen molar-refractivity contribution in [1.29, 1.82) is 0 Å². The van der Waals surface area contributed by atoms with Crippen molar-refractivity contribution < 1.29 is 19.8 Å². The van der Waals surface area contributed by atoms with Crippen molar-refractivity contribution in [2.75, 3.05) is 6.61 Å². The van der Waals surface area contributed by atoms with Crippen molar-refractivity contribution in [3.63, 3.8) is 0 Å². The largest absolute Gasteiger partial charge is 0.442 e. The summed E-state index contributed by atoms with van der Waals surface area (Å²) in [5.41, 5.74) is -0.313. The van der Waals surface area contributed by atoms with Gasteiger partial charge in [0.05, 0.1) is 10.7 Å². The summed E-state index contributed by atoms with van der Waals surface area (Å²) in [5.74, 6) is 0. The second kappa shape index (κ2) is 6.88. The summed E-state index contributed by atoms with van der Waals surface area (Å²) in [6.07, 6.45) is 0.641. The summed E-state index contributed by atoms with van der Waals surface area (Å²) in [4.78, 5) is 15.9. The molecule has 1 aromatic rings. The molecule has 7 heteroatoms. The molecular formula is C13H19ClN2O4. The molecule has 1 atom stereocenters. The van der Waals surface area contributed by atoms with Crippen LogP contribution in [0.4, 0.5) is 4.79 Å². The lowest BCUT2D eigenvalue weighted by Gasteiger charge is -2.28. The number of rotatable bonds is 4. The first-order valence-corrected chi connectivity index (χ1v) is 6.56. The SMILES string of the molecule is CC(C)(C)OC(=O)N(O)[C@@H](CCO)c1ccc(Cl)cn1. The fourth-order valence-corrected chi connectivity index (χ4v) is 1.65. The molecule has 1 aromatic heterocycles. The predicted octanol–water partition coefficient (Wildman–Crippen LogP) is 2.78. The molecule has 0 unspecified atom stereocenters. The lowest BCUT2D eigenvalue weighted by Crippen LogP contribution is -2.37. The van der Waals surface area contributed by atoms with E-state index in [0.717, 1.165) is 0 Å². The highest BCUT2D eigenvalue weighted by molar-refractivity contribution is 6.30. The van der Waals surface area contributed by atoms with E-state index in [1.807, 2.05) is 0 Å². The predicted molar refractivity (Wildman–Crippen MR) is 73.6 cm³/mol. The Morgan fingerprint density at radius 1 is 1.50 bits per heavy atom. The monoisotopic (exact) mass is 302 g/mol. The minimum atomic E-state index is -0.896. The third-order valence-corrected chi connectivity index (χ3v) is 2.59. The molecule has 0 radical (unpaired) electrons. The Morgan fingerprint density at radius 2 is 2.15 bits per heavy atom. The number of nitrogens with zero attached hydrogens (tertiary/aromatic N) is 2. The molecule has 0 saturated carbocycles. The second-order valence-electron chi connectivity index (χ2n) is 5.25. The molecule has 0 fully saturated rings. The van der Waals surface area contributed by atoms with Gasteiger partial charge < -0.3 is 9.84 Å². The van der Waals surface area contributed by atoms with E-state index in [9.17, 15) is 10.0 Å². The Kier molecular flexibility index (Phi) is 5.74. The molecule has 0 aliphatic carbocycles. The van der Waals surface area contributed by atoms with Gasteiger partial charge in [-0.3, -0.25) is 10.2 Å². The molecule has 0 bridgehead atoms. The zero-order chi connectivity index (χ0) is 15.3.